The quantitative estimate of drug-likeness (QED) is 0.472. The molecule has 0 aliphatic heterocycles. The fourth-order valence-electron chi connectivity index (χ4n) is 0.776. The molecule has 0 aliphatic carbocycles. The molecule has 0 unspecified atom stereocenters. The van der Waals surface area contributed by atoms with Crippen LogP contribution in [0.3, 0.4) is 0 Å². The number of hydrogen-bond donors (Lipinski definition) is 0. The Bertz CT molecular complexity index is 385. The van der Waals surface area contributed by atoms with Crippen molar-refractivity contribution in [3.8, 4) is 0 Å². The van der Waals surface area contributed by atoms with E-state index in [-0.39, 0.29) is 3.57 Å². The maximum atomic E-state index is 12.9. The highest BCUT2D eigenvalue weighted by atomic mass is 127. The van der Waals surface area contributed by atoms with E-state index < -0.39 is 28.9 Å². The topological polar surface area (TPSA) is 30.0 Å². The van der Waals surface area contributed by atoms with Crippen molar-refractivity contribution in [2.75, 3.05) is 0 Å². The Morgan fingerprint density at radius 1 is 1.57 bits per heavy atom. The van der Waals surface area contributed by atoms with Crippen molar-refractivity contribution in [3.05, 3.63) is 26.8 Å². The molecule has 0 radical (unpaired) electrons. The molecule has 1 aromatic rings. The number of hydrogen-bond acceptors (Lipinski definition) is 2. The lowest BCUT2D eigenvalue weighted by molar-refractivity contribution is 0.107. The molecule has 76 valence electrons. The summed E-state index contributed by atoms with van der Waals surface area (Å²) in [6.45, 7) is 0. The van der Waals surface area contributed by atoms with E-state index in [1.54, 1.807) is 0 Å². The summed E-state index contributed by atoms with van der Waals surface area (Å²) in [6.07, 6.45) is -2.87. The number of aromatic nitrogens is 1. The molecule has 0 aromatic carbocycles. The van der Waals surface area contributed by atoms with E-state index in [0.717, 1.165) is 6.07 Å². The minimum Gasteiger partial charge on any atom is -0.274 e. The van der Waals surface area contributed by atoms with Crippen LogP contribution in [-0.4, -0.2) is 10.2 Å². The minimum atomic E-state index is -2.87. The number of carbonyl (C=O) groups is 1. The monoisotopic (exact) mass is 335 g/mol. The van der Waals surface area contributed by atoms with Gasteiger partial charge in [-0.05, 0) is 40.3 Å². The average molecular weight is 335 g/mol. The zero-order chi connectivity index (χ0) is 10.9. The summed E-state index contributed by atoms with van der Waals surface area (Å²) in [6, 6.07) is 0.783. The third-order valence-corrected chi connectivity index (χ3v) is 2.64. The van der Waals surface area contributed by atoms with Gasteiger partial charge in [-0.25, -0.2) is 13.8 Å². The summed E-state index contributed by atoms with van der Waals surface area (Å²) in [5.41, 5.74) is -1.10. The predicted octanol–water partition coefficient (Wildman–Crippen LogP) is 3.14. The molecule has 2 nitrogen and oxygen atoms in total. The fraction of sp³-hybridized carbons (Fsp3) is 0.143. The maximum Gasteiger partial charge on any atom is 0.270 e. The van der Waals surface area contributed by atoms with E-state index in [1.165, 1.54) is 22.6 Å². The van der Waals surface area contributed by atoms with Crippen molar-refractivity contribution >= 4 is 39.4 Å². The largest absolute Gasteiger partial charge is 0.274 e. The van der Waals surface area contributed by atoms with Crippen LogP contribution in [0.25, 0.3) is 0 Å². The van der Waals surface area contributed by atoms with Crippen molar-refractivity contribution in [1.29, 1.82) is 0 Å². The maximum absolute atomic E-state index is 12.9. The van der Waals surface area contributed by atoms with Crippen LogP contribution in [-0.2, 0) is 0 Å². The molecular weight excluding hydrogens is 333 g/mol. The summed E-state index contributed by atoms with van der Waals surface area (Å²) < 4.78 is 37.2. The summed E-state index contributed by atoms with van der Waals surface area (Å²) in [4.78, 5) is 13.7. The smallest absolute Gasteiger partial charge is 0.270 e. The fourth-order valence-corrected chi connectivity index (χ4v) is 1.38. The Morgan fingerprint density at radius 2 is 2.14 bits per heavy atom. The van der Waals surface area contributed by atoms with Crippen LogP contribution >= 0.6 is 34.2 Å². The molecule has 0 saturated heterocycles. The molecule has 14 heavy (non-hydrogen) atoms. The number of nitrogens with zero attached hydrogens (tertiary/aromatic N) is 1. The van der Waals surface area contributed by atoms with Gasteiger partial charge < -0.3 is 0 Å². The van der Waals surface area contributed by atoms with Gasteiger partial charge in [0.2, 0.25) is 5.95 Å². The van der Waals surface area contributed by atoms with Crippen LogP contribution < -0.4 is 0 Å². The van der Waals surface area contributed by atoms with Crippen molar-refractivity contribution in [3.63, 3.8) is 0 Å². The number of pyridine rings is 1. The summed E-state index contributed by atoms with van der Waals surface area (Å²) in [7, 11) is 0. The van der Waals surface area contributed by atoms with E-state index in [0.29, 0.717) is 0 Å². The van der Waals surface area contributed by atoms with Crippen LogP contribution in [0.5, 0.6) is 0 Å². The lowest BCUT2D eigenvalue weighted by Crippen LogP contribution is -2.03. The van der Waals surface area contributed by atoms with Crippen LogP contribution in [0.15, 0.2) is 6.07 Å². The highest BCUT2D eigenvalue weighted by Crippen LogP contribution is 2.26. The Hall–Kier alpha value is -0.370. The van der Waals surface area contributed by atoms with Gasteiger partial charge in [0.05, 0.1) is 3.57 Å². The second-order valence-electron chi connectivity index (χ2n) is 2.28. The molecule has 0 amide bonds. The van der Waals surface area contributed by atoms with Gasteiger partial charge >= 0.3 is 0 Å². The summed E-state index contributed by atoms with van der Waals surface area (Å²) >= 11 is 6.38. The lowest BCUT2D eigenvalue weighted by atomic mass is 10.2. The molecule has 0 N–H and O–H groups in total. The van der Waals surface area contributed by atoms with Crippen LogP contribution in [0, 0.1) is 9.52 Å². The zero-order valence-corrected chi connectivity index (χ0v) is 9.31. The van der Waals surface area contributed by atoms with Gasteiger partial charge in [-0.1, -0.05) is 0 Å². The van der Waals surface area contributed by atoms with Crippen molar-refractivity contribution in [2.45, 2.75) is 6.43 Å². The number of halogens is 5. The predicted molar refractivity (Wildman–Crippen MR) is 52.1 cm³/mol. The first-order valence-corrected chi connectivity index (χ1v) is 4.73. The molecule has 1 heterocycles. The van der Waals surface area contributed by atoms with Crippen molar-refractivity contribution in [1.82, 2.24) is 4.98 Å². The van der Waals surface area contributed by atoms with Gasteiger partial charge in [0, 0.05) is 5.56 Å². The third kappa shape index (κ3) is 2.35. The van der Waals surface area contributed by atoms with Gasteiger partial charge in [-0.15, -0.1) is 0 Å². The zero-order valence-electron chi connectivity index (χ0n) is 6.40. The molecular formula is C7H2ClF3INO. The average Bonchev–Trinajstić information content (AvgIpc) is 2.08. The second kappa shape index (κ2) is 4.43. The highest BCUT2D eigenvalue weighted by molar-refractivity contribution is 14.1. The molecule has 1 rings (SSSR count). The normalized spacial score (nSPS) is 10.7. The minimum absolute atomic E-state index is 0.306. The molecule has 0 saturated carbocycles. The number of carbonyl (C=O) groups excluding carboxylic acids is 1. The molecule has 0 bridgehead atoms. The van der Waals surface area contributed by atoms with Crippen molar-refractivity contribution < 1.29 is 18.0 Å². The molecule has 0 aliphatic rings. The van der Waals surface area contributed by atoms with Gasteiger partial charge in [-0.2, -0.15) is 4.39 Å². The summed E-state index contributed by atoms with van der Waals surface area (Å²) in [5.74, 6) is -1.12. The molecule has 0 fully saturated rings. The van der Waals surface area contributed by atoms with Gasteiger partial charge in [0.1, 0.15) is 5.69 Å². The third-order valence-electron chi connectivity index (χ3n) is 1.38. The van der Waals surface area contributed by atoms with E-state index in [4.69, 9.17) is 11.6 Å². The number of alkyl halides is 2. The first-order valence-electron chi connectivity index (χ1n) is 3.27. The van der Waals surface area contributed by atoms with Crippen molar-refractivity contribution in [2.24, 2.45) is 0 Å². The first-order chi connectivity index (χ1) is 6.43. The van der Waals surface area contributed by atoms with E-state index >= 15 is 0 Å². The molecule has 1 aromatic heterocycles. The van der Waals surface area contributed by atoms with Gasteiger partial charge in [0.15, 0.2) is 0 Å². The second-order valence-corrected chi connectivity index (χ2v) is 3.70. The Balaban J connectivity index is 3.35. The molecule has 7 heteroatoms. The van der Waals surface area contributed by atoms with Crippen LogP contribution in [0.2, 0.25) is 0 Å². The lowest BCUT2D eigenvalue weighted by Gasteiger charge is -2.04. The Morgan fingerprint density at radius 3 is 2.57 bits per heavy atom. The van der Waals surface area contributed by atoms with E-state index in [2.05, 4.69) is 4.98 Å². The van der Waals surface area contributed by atoms with Gasteiger partial charge in [-0.3, -0.25) is 4.79 Å². The number of rotatable bonds is 2. The Kier molecular flexibility index (Phi) is 3.71. The SMILES string of the molecule is O=C(Cl)c1cc(C(F)F)c(I)c(F)n1. The highest BCUT2D eigenvalue weighted by Gasteiger charge is 2.19. The Labute approximate surface area is 95.6 Å². The molecule has 0 spiro atoms. The standard InChI is InChI=1S/C7H2ClF3INO/c8-5(14)3-1-2(6(9)10)4(12)7(11)13-3/h1,6H. The summed E-state index contributed by atoms with van der Waals surface area (Å²) in [5, 5.41) is -1.07. The van der Waals surface area contributed by atoms with Crippen LogP contribution in [0.1, 0.15) is 22.5 Å². The van der Waals surface area contributed by atoms with E-state index in [1.807, 2.05) is 0 Å². The van der Waals surface area contributed by atoms with E-state index in [9.17, 15) is 18.0 Å². The molecule has 0 atom stereocenters. The van der Waals surface area contributed by atoms with Crippen LogP contribution in [0.4, 0.5) is 13.2 Å². The first kappa shape index (κ1) is 11.7. The van der Waals surface area contributed by atoms with Gasteiger partial charge in [0.25, 0.3) is 11.7 Å².